The van der Waals surface area contributed by atoms with Crippen LogP contribution in [0.1, 0.15) is 116 Å². The monoisotopic (exact) mass is 413 g/mol. The Balaban J connectivity index is 1.29. The Bertz CT molecular complexity index is 553. The van der Waals surface area contributed by atoms with Gasteiger partial charge in [-0.05, 0) is 87.2 Å². The van der Waals surface area contributed by atoms with Crippen LogP contribution >= 0.6 is 0 Å². The van der Waals surface area contributed by atoms with Crippen LogP contribution in [0, 0.1) is 23.7 Å². The molecule has 0 aliphatic heterocycles. The van der Waals surface area contributed by atoms with Crippen LogP contribution in [0.5, 0.6) is 5.75 Å². The molecule has 1 heterocycles. The summed E-state index contributed by atoms with van der Waals surface area (Å²) in [6.45, 7) is 5.49. The van der Waals surface area contributed by atoms with Gasteiger partial charge in [-0.15, -0.1) is 0 Å². The lowest BCUT2D eigenvalue weighted by Gasteiger charge is -2.37. The van der Waals surface area contributed by atoms with Crippen molar-refractivity contribution in [2.24, 2.45) is 23.7 Å². The van der Waals surface area contributed by atoms with Gasteiger partial charge in [-0.2, -0.15) is 0 Å². The summed E-state index contributed by atoms with van der Waals surface area (Å²) in [7, 11) is 0. The highest BCUT2D eigenvalue weighted by Crippen LogP contribution is 2.42. The minimum atomic E-state index is 0.746. The zero-order chi connectivity index (χ0) is 21.0. The molecule has 0 N–H and O–H groups in total. The second kappa shape index (κ2) is 13.4. The molecule has 0 spiro atoms. The average molecular weight is 414 g/mol. The van der Waals surface area contributed by atoms with Gasteiger partial charge in [-0.3, -0.25) is 4.98 Å². The number of rotatable bonds is 12. The first kappa shape index (κ1) is 23.6. The van der Waals surface area contributed by atoms with Gasteiger partial charge in [0.15, 0.2) is 0 Å². The third kappa shape index (κ3) is 7.89. The molecule has 0 radical (unpaired) electrons. The van der Waals surface area contributed by atoms with Gasteiger partial charge in [-0.1, -0.05) is 65.2 Å². The Hall–Kier alpha value is -1.05. The zero-order valence-corrected chi connectivity index (χ0v) is 19.9. The number of hydrogen-bond acceptors (Lipinski definition) is 2. The SMILES string of the molecule is CCCCCCCc1ccc(OCC2CCC(C3CCC(CCC)CC3)CC2)cn1. The van der Waals surface area contributed by atoms with Crippen molar-refractivity contribution in [2.45, 2.75) is 117 Å². The molecule has 2 nitrogen and oxygen atoms in total. The van der Waals surface area contributed by atoms with Crippen molar-refractivity contribution in [1.29, 1.82) is 0 Å². The van der Waals surface area contributed by atoms with E-state index in [-0.39, 0.29) is 0 Å². The Morgan fingerprint density at radius 1 is 0.767 bits per heavy atom. The summed E-state index contributed by atoms with van der Waals surface area (Å²) in [6, 6.07) is 4.30. The number of ether oxygens (including phenoxy) is 1. The van der Waals surface area contributed by atoms with E-state index in [4.69, 9.17) is 4.74 Å². The predicted octanol–water partition coefficient (Wildman–Crippen LogP) is 8.39. The second-order valence-corrected chi connectivity index (χ2v) is 10.3. The van der Waals surface area contributed by atoms with E-state index < -0.39 is 0 Å². The van der Waals surface area contributed by atoms with Crippen molar-refractivity contribution in [3.8, 4) is 5.75 Å². The molecule has 0 aromatic carbocycles. The first-order chi connectivity index (χ1) is 14.8. The van der Waals surface area contributed by atoms with Gasteiger partial charge in [0.2, 0.25) is 0 Å². The lowest BCUT2D eigenvalue weighted by atomic mass is 9.69. The van der Waals surface area contributed by atoms with Crippen molar-refractivity contribution < 1.29 is 4.74 Å². The quantitative estimate of drug-likeness (QED) is 0.321. The lowest BCUT2D eigenvalue weighted by molar-refractivity contribution is 0.122. The fraction of sp³-hybridized carbons (Fsp3) is 0.821. The van der Waals surface area contributed by atoms with Crippen molar-refractivity contribution in [3.63, 3.8) is 0 Å². The van der Waals surface area contributed by atoms with E-state index in [0.29, 0.717) is 0 Å². The fourth-order valence-corrected chi connectivity index (χ4v) is 5.95. The van der Waals surface area contributed by atoms with Gasteiger partial charge in [-0.25, -0.2) is 0 Å². The number of aromatic nitrogens is 1. The minimum absolute atomic E-state index is 0.746. The maximum atomic E-state index is 6.12. The molecule has 170 valence electrons. The molecular formula is C28H47NO. The highest BCUT2D eigenvalue weighted by atomic mass is 16.5. The van der Waals surface area contributed by atoms with E-state index in [0.717, 1.165) is 42.4 Å². The Morgan fingerprint density at radius 3 is 2.03 bits per heavy atom. The van der Waals surface area contributed by atoms with Crippen molar-refractivity contribution in [2.75, 3.05) is 6.61 Å². The summed E-state index contributed by atoms with van der Waals surface area (Å²) in [5.41, 5.74) is 1.22. The van der Waals surface area contributed by atoms with Crippen LogP contribution in [0.25, 0.3) is 0 Å². The zero-order valence-electron chi connectivity index (χ0n) is 19.9. The number of pyridine rings is 1. The maximum Gasteiger partial charge on any atom is 0.137 e. The van der Waals surface area contributed by atoms with E-state index in [2.05, 4.69) is 31.0 Å². The van der Waals surface area contributed by atoms with Gasteiger partial charge in [0.05, 0.1) is 12.8 Å². The number of unbranched alkanes of at least 4 members (excludes halogenated alkanes) is 4. The van der Waals surface area contributed by atoms with Gasteiger partial charge in [0, 0.05) is 5.69 Å². The highest BCUT2D eigenvalue weighted by Gasteiger charge is 2.30. The van der Waals surface area contributed by atoms with Crippen LogP contribution in [0.4, 0.5) is 0 Å². The van der Waals surface area contributed by atoms with Gasteiger partial charge < -0.3 is 4.74 Å². The van der Waals surface area contributed by atoms with Crippen LogP contribution in [0.15, 0.2) is 18.3 Å². The molecule has 0 bridgehead atoms. The van der Waals surface area contributed by atoms with E-state index in [9.17, 15) is 0 Å². The van der Waals surface area contributed by atoms with E-state index in [1.807, 2.05) is 6.20 Å². The highest BCUT2D eigenvalue weighted by molar-refractivity contribution is 5.20. The van der Waals surface area contributed by atoms with Crippen LogP contribution in [-0.4, -0.2) is 11.6 Å². The second-order valence-electron chi connectivity index (χ2n) is 10.3. The van der Waals surface area contributed by atoms with Gasteiger partial charge in [0.25, 0.3) is 0 Å². The molecule has 2 heteroatoms. The molecule has 2 aliphatic carbocycles. The van der Waals surface area contributed by atoms with Crippen LogP contribution in [-0.2, 0) is 6.42 Å². The smallest absolute Gasteiger partial charge is 0.137 e. The Kier molecular flexibility index (Phi) is 10.5. The van der Waals surface area contributed by atoms with Crippen molar-refractivity contribution in [3.05, 3.63) is 24.0 Å². The van der Waals surface area contributed by atoms with E-state index >= 15 is 0 Å². The minimum Gasteiger partial charge on any atom is -0.492 e. The summed E-state index contributed by atoms with van der Waals surface area (Å²) in [4.78, 5) is 4.63. The summed E-state index contributed by atoms with van der Waals surface area (Å²) in [6.07, 6.45) is 24.1. The molecule has 3 rings (SSSR count). The third-order valence-corrected chi connectivity index (χ3v) is 7.97. The van der Waals surface area contributed by atoms with Crippen LogP contribution in [0.3, 0.4) is 0 Å². The topological polar surface area (TPSA) is 22.1 Å². The number of aryl methyl sites for hydroxylation is 1. The molecule has 1 aromatic heterocycles. The molecule has 2 fully saturated rings. The average Bonchev–Trinajstić information content (AvgIpc) is 2.79. The van der Waals surface area contributed by atoms with Crippen molar-refractivity contribution in [1.82, 2.24) is 4.98 Å². The molecule has 30 heavy (non-hydrogen) atoms. The van der Waals surface area contributed by atoms with Crippen LogP contribution in [0.2, 0.25) is 0 Å². The third-order valence-electron chi connectivity index (χ3n) is 7.97. The summed E-state index contributed by atoms with van der Waals surface area (Å²) in [5, 5.41) is 0. The normalized spacial score (nSPS) is 27.1. The molecule has 2 saturated carbocycles. The van der Waals surface area contributed by atoms with E-state index in [1.54, 1.807) is 0 Å². The van der Waals surface area contributed by atoms with Crippen molar-refractivity contribution >= 4 is 0 Å². The van der Waals surface area contributed by atoms with Gasteiger partial charge in [0.1, 0.15) is 5.75 Å². The molecule has 0 saturated heterocycles. The predicted molar refractivity (Wildman–Crippen MR) is 128 cm³/mol. The molecule has 1 aromatic rings. The largest absolute Gasteiger partial charge is 0.492 e. The lowest BCUT2D eigenvalue weighted by Crippen LogP contribution is -2.27. The first-order valence-electron chi connectivity index (χ1n) is 13.4. The Labute approximate surface area is 186 Å². The summed E-state index contributed by atoms with van der Waals surface area (Å²) < 4.78 is 6.12. The molecular weight excluding hydrogens is 366 g/mol. The first-order valence-corrected chi connectivity index (χ1v) is 13.4. The summed E-state index contributed by atoms with van der Waals surface area (Å²) >= 11 is 0. The molecule has 0 amide bonds. The molecule has 0 atom stereocenters. The molecule has 0 unspecified atom stereocenters. The fourth-order valence-electron chi connectivity index (χ4n) is 5.95. The maximum absolute atomic E-state index is 6.12. The molecule has 2 aliphatic rings. The standard InChI is InChI=1S/C28H47NO/c1-3-5-6-7-8-10-27-19-20-28(21-29-27)30-22-24-13-17-26(18-14-24)25-15-11-23(9-4-2)12-16-25/h19-21,23-26H,3-18,22H2,1-2H3. The van der Waals surface area contributed by atoms with Gasteiger partial charge >= 0.3 is 0 Å². The number of nitrogens with zero attached hydrogens (tertiary/aromatic N) is 1. The van der Waals surface area contributed by atoms with Crippen LogP contribution < -0.4 is 4.74 Å². The summed E-state index contributed by atoms with van der Waals surface area (Å²) in [5.74, 6) is 4.77. The van der Waals surface area contributed by atoms with E-state index in [1.165, 1.54) is 102 Å². The number of hydrogen-bond donors (Lipinski definition) is 0. The Morgan fingerprint density at radius 2 is 1.43 bits per heavy atom.